The maximum absolute atomic E-state index is 10.8. The topological polar surface area (TPSA) is 68.1 Å². The monoisotopic (exact) mass is 311 g/mol. The van der Waals surface area contributed by atoms with Crippen molar-refractivity contribution in [2.45, 2.75) is 18.9 Å². The van der Waals surface area contributed by atoms with Gasteiger partial charge in [0.05, 0.1) is 21.2 Å². The van der Waals surface area contributed by atoms with Gasteiger partial charge >= 0.3 is 0 Å². The van der Waals surface area contributed by atoms with Crippen LogP contribution in [0.2, 0.25) is 0 Å². The molecule has 1 unspecified atom stereocenters. The molecule has 6 heteroatoms. The minimum atomic E-state index is -0.376. The van der Waals surface area contributed by atoms with Crippen LogP contribution in [0.5, 0.6) is 0 Å². The molecule has 4 rings (SSSR count). The third-order valence-electron chi connectivity index (χ3n) is 4.01. The van der Waals surface area contributed by atoms with Crippen molar-refractivity contribution in [1.29, 1.82) is 0 Å². The Bertz CT molecular complexity index is 875. The zero-order valence-electron chi connectivity index (χ0n) is 11.7. The van der Waals surface area contributed by atoms with E-state index in [4.69, 9.17) is 0 Å². The number of nitrogens with zero attached hydrogens (tertiary/aromatic N) is 2. The van der Waals surface area contributed by atoms with Gasteiger partial charge in [-0.25, -0.2) is 4.98 Å². The Balaban J connectivity index is 1.64. The molecule has 1 N–H and O–H groups in total. The number of thiazole rings is 1. The summed E-state index contributed by atoms with van der Waals surface area (Å²) in [6.07, 6.45) is 2.12. The summed E-state index contributed by atoms with van der Waals surface area (Å²) in [7, 11) is 0. The number of nitro benzene ring substituents is 1. The summed E-state index contributed by atoms with van der Waals surface area (Å²) in [6, 6.07) is 13.5. The lowest BCUT2D eigenvalue weighted by atomic mass is 10.1. The lowest BCUT2D eigenvalue weighted by Gasteiger charge is -2.12. The Labute approximate surface area is 130 Å². The Hall–Kier alpha value is -2.47. The van der Waals surface area contributed by atoms with Gasteiger partial charge in [0.15, 0.2) is 5.13 Å². The van der Waals surface area contributed by atoms with Gasteiger partial charge in [-0.1, -0.05) is 35.6 Å². The molecule has 2 aromatic carbocycles. The van der Waals surface area contributed by atoms with Gasteiger partial charge in [0.2, 0.25) is 0 Å². The Morgan fingerprint density at radius 3 is 3.00 bits per heavy atom. The van der Waals surface area contributed by atoms with Crippen LogP contribution < -0.4 is 5.32 Å². The van der Waals surface area contributed by atoms with E-state index in [9.17, 15) is 10.1 Å². The second-order valence-corrected chi connectivity index (χ2v) is 6.39. The molecular weight excluding hydrogens is 298 g/mol. The largest absolute Gasteiger partial charge is 0.355 e. The number of nitro groups is 1. The van der Waals surface area contributed by atoms with Gasteiger partial charge in [-0.05, 0) is 30.0 Å². The van der Waals surface area contributed by atoms with Gasteiger partial charge in [-0.15, -0.1) is 0 Å². The summed E-state index contributed by atoms with van der Waals surface area (Å²) >= 11 is 1.46. The zero-order chi connectivity index (χ0) is 15.1. The molecular formula is C16H13N3O2S. The van der Waals surface area contributed by atoms with Crippen molar-refractivity contribution in [2.24, 2.45) is 0 Å². The summed E-state index contributed by atoms with van der Waals surface area (Å²) in [5.74, 6) is 0. The number of benzene rings is 2. The molecule has 0 bridgehead atoms. The first-order valence-electron chi connectivity index (χ1n) is 7.10. The van der Waals surface area contributed by atoms with Crippen LogP contribution >= 0.6 is 11.3 Å². The SMILES string of the molecule is O=[N+]([O-])c1ccc2nc(NC3CCc4ccccc43)sc2c1. The van der Waals surface area contributed by atoms with E-state index in [1.807, 2.05) is 0 Å². The van der Waals surface area contributed by atoms with E-state index >= 15 is 0 Å². The highest BCUT2D eigenvalue weighted by Gasteiger charge is 2.22. The fourth-order valence-corrected chi connectivity index (χ4v) is 3.90. The van der Waals surface area contributed by atoms with Crippen molar-refractivity contribution >= 4 is 32.4 Å². The highest BCUT2D eigenvalue weighted by molar-refractivity contribution is 7.22. The molecule has 0 fully saturated rings. The highest BCUT2D eigenvalue weighted by Crippen LogP contribution is 2.36. The number of hydrogen-bond donors (Lipinski definition) is 1. The maximum atomic E-state index is 10.8. The number of non-ortho nitro benzene ring substituents is 1. The van der Waals surface area contributed by atoms with Gasteiger partial charge in [-0.3, -0.25) is 10.1 Å². The van der Waals surface area contributed by atoms with Crippen LogP contribution in [-0.4, -0.2) is 9.91 Å². The average Bonchev–Trinajstić information content (AvgIpc) is 3.10. The van der Waals surface area contributed by atoms with Crippen LogP contribution in [0.3, 0.4) is 0 Å². The predicted molar refractivity (Wildman–Crippen MR) is 87.4 cm³/mol. The smallest absolute Gasteiger partial charge is 0.270 e. The fraction of sp³-hybridized carbons (Fsp3) is 0.188. The van der Waals surface area contributed by atoms with Crippen LogP contribution in [0.15, 0.2) is 42.5 Å². The van der Waals surface area contributed by atoms with Crippen molar-refractivity contribution in [1.82, 2.24) is 4.98 Å². The van der Waals surface area contributed by atoms with Crippen molar-refractivity contribution < 1.29 is 4.92 Å². The molecule has 0 spiro atoms. The number of anilines is 1. The molecule has 22 heavy (non-hydrogen) atoms. The van der Waals surface area contributed by atoms with E-state index in [0.29, 0.717) is 0 Å². The first kappa shape index (κ1) is 13.2. The van der Waals surface area contributed by atoms with Crippen molar-refractivity contribution in [2.75, 3.05) is 5.32 Å². The molecule has 1 aromatic heterocycles. The normalized spacial score (nSPS) is 16.6. The number of aromatic nitrogens is 1. The molecule has 0 aliphatic heterocycles. The molecule has 1 aliphatic rings. The molecule has 1 heterocycles. The first-order chi connectivity index (χ1) is 10.7. The number of nitrogens with one attached hydrogen (secondary N) is 1. The maximum Gasteiger partial charge on any atom is 0.270 e. The van der Waals surface area contributed by atoms with E-state index in [0.717, 1.165) is 28.2 Å². The van der Waals surface area contributed by atoms with E-state index in [2.05, 4.69) is 34.6 Å². The third kappa shape index (κ3) is 2.21. The van der Waals surface area contributed by atoms with Crippen molar-refractivity contribution in [3.63, 3.8) is 0 Å². The summed E-state index contributed by atoms with van der Waals surface area (Å²) in [4.78, 5) is 15.0. The molecule has 0 radical (unpaired) electrons. The quantitative estimate of drug-likeness (QED) is 0.578. The van der Waals surface area contributed by atoms with Gasteiger partial charge in [0, 0.05) is 12.1 Å². The van der Waals surface area contributed by atoms with Gasteiger partial charge < -0.3 is 5.32 Å². The van der Waals surface area contributed by atoms with Gasteiger partial charge in [0.25, 0.3) is 5.69 Å². The third-order valence-corrected chi connectivity index (χ3v) is 4.96. The Morgan fingerprint density at radius 2 is 2.14 bits per heavy atom. The average molecular weight is 311 g/mol. The molecule has 110 valence electrons. The Morgan fingerprint density at radius 1 is 1.27 bits per heavy atom. The molecule has 1 aliphatic carbocycles. The summed E-state index contributed by atoms with van der Waals surface area (Å²) in [5, 5.41) is 15.1. The lowest BCUT2D eigenvalue weighted by molar-refractivity contribution is -0.384. The van der Waals surface area contributed by atoms with Gasteiger partial charge in [0.1, 0.15) is 0 Å². The first-order valence-corrected chi connectivity index (χ1v) is 7.92. The second-order valence-electron chi connectivity index (χ2n) is 5.36. The van der Waals surface area contributed by atoms with Crippen LogP contribution in [0.1, 0.15) is 23.6 Å². The summed E-state index contributed by atoms with van der Waals surface area (Å²) < 4.78 is 0.836. The summed E-state index contributed by atoms with van der Waals surface area (Å²) in [5.41, 5.74) is 3.61. The second kappa shape index (κ2) is 5.06. The number of aryl methyl sites for hydroxylation is 1. The zero-order valence-corrected chi connectivity index (χ0v) is 12.5. The minimum absolute atomic E-state index is 0.105. The molecule has 0 amide bonds. The van der Waals surface area contributed by atoms with Crippen LogP contribution in [0.4, 0.5) is 10.8 Å². The molecule has 5 nitrogen and oxygen atoms in total. The Kier molecular flexibility index (Phi) is 3.04. The predicted octanol–water partition coefficient (Wildman–Crippen LogP) is 4.30. The van der Waals surface area contributed by atoms with E-state index in [1.54, 1.807) is 12.1 Å². The highest BCUT2D eigenvalue weighted by atomic mass is 32.1. The van der Waals surface area contributed by atoms with Crippen LogP contribution in [-0.2, 0) is 6.42 Å². The molecule has 0 saturated heterocycles. The number of hydrogen-bond acceptors (Lipinski definition) is 5. The molecule has 1 atom stereocenters. The van der Waals surface area contributed by atoms with Gasteiger partial charge in [-0.2, -0.15) is 0 Å². The standard InChI is InChI=1S/C16H13N3O2S/c20-19(21)11-6-8-14-15(9-11)22-16(18-14)17-13-7-5-10-3-1-2-4-12(10)13/h1-4,6,8-9,13H,5,7H2,(H,17,18). The fourth-order valence-electron chi connectivity index (χ4n) is 2.94. The van der Waals surface area contributed by atoms with Crippen LogP contribution in [0.25, 0.3) is 10.2 Å². The van der Waals surface area contributed by atoms with E-state index in [-0.39, 0.29) is 16.7 Å². The van der Waals surface area contributed by atoms with Crippen LogP contribution in [0, 0.1) is 10.1 Å². The molecule has 3 aromatic rings. The number of rotatable bonds is 3. The number of fused-ring (bicyclic) bond motifs is 2. The van der Waals surface area contributed by atoms with E-state index in [1.165, 1.54) is 28.5 Å². The summed E-state index contributed by atoms with van der Waals surface area (Å²) in [6.45, 7) is 0. The van der Waals surface area contributed by atoms with Crippen molar-refractivity contribution in [3.05, 3.63) is 63.7 Å². The minimum Gasteiger partial charge on any atom is -0.355 e. The lowest BCUT2D eigenvalue weighted by Crippen LogP contribution is -2.06. The van der Waals surface area contributed by atoms with E-state index < -0.39 is 0 Å². The molecule has 0 saturated carbocycles. The van der Waals surface area contributed by atoms with Crippen molar-refractivity contribution in [3.8, 4) is 0 Å².